The first-order valence-electron chi connectivity index (χ1n) is 9.48. The molecule has 0 amide bonds. The molecule has 128 valence electrons. The highest BCUT2D eigenvalue weighted by molar-refractivity contribution is 5.16. The molecular formula is C21H39N. The predicted molar refractivity (Wildman–Crippen MR) is 99.9 cm³/mol. The zero-order chi connectivity index (χ0) is 16.8. The molecule has 1 nitrogen and oxygen atoms in total. The molecule has 0 N–H and O–H groups in total. The quantitative estimate of drug-likeness (QED) is 0.468. The van der Waals surface area contributed by atoms with Crippen LogP contribution in [0.3, 0.4) is 0 Å². The van der Waals surface area contributed by atoms with Crippen molar-refractivity contribution < 1.29 is 0 Å². The zero-order valence-corrected chi connectivity index (χ0v) is 16.0. The van der Waals surface area contributed by atoms with Gasteiger partial charge in [0, 0.05) is 6.54 Å². The smallest absolute Gasteiger partial charge is 0.0522 e. The summed E-state index contributed by atoms with van der Waals surface area (Å²) in [6.07, 6.45) is 12.2. The van der Waals surface area contributed by atoms with Gasteiger partial charge in [-0.2, -0.15) is 0 Å². The Morgan fingerprint density at radius 3 is 2.50 bits per heavy atom. The van der Waals surface area contributed by atoms with E-state index in [0.717, 1.165) is 18.3 Å². The third-order valence-corrected chi connectivity index (χ3v) is 6.04. The number of likely N-dealkylation sites (tertiary alicyclic amines) is 1. The van der Waals surface area contributed by atoms with Crippen molar-refractivity contribution in [3.63, 3.8) is 0 Å². The molecule has 1 saturated heterocycles. The van der Waals surface area contributed by atoms with Crippen LogP contribution in [0.5, 0.6) is 0 Å². The molecule has 1 aliphatic rings. The Labute approximate surface area is 139 Å². The second-order valence-corrected chi connectivity index (χ2v) is 7.82. The predicted octanol–water partition coefficient (Wildman–Crippen LogP) is 6.42. The minimum absolute atomic E-state index is 0.429. The van der Waals surface area contributed by atoms with Gasteiger partial charge < -0.3 is 4.90 Å². The van der Waals surface area contributed by atoms with Gasteiger partial charge in [0.1, 0.15) is 0 Å². The SMILES string of the molecule is C=CN1CCCC(C)C1/C(=C\CC)CC(CC)C(C)(C)CC. The van der Waals surface area contributed by atoms with Crippen LogP contribution >= 0.6 is 0 Å². The van der Waals surface area contributed by atoms with Crippen molar-refractivity contribution in [3.8, 4) is 0 Å². The van der Waals surface area contributed by atoms with Gasteiger partial charge in [0.05, 0.1) is 6.04 Å². The van der Waals surface area contributed by atoms with Crippen LogP contribution in [0.25, 0.3) is 0 Å². The lowest BCUT2D eigenvalue weighted by molar-refractivity contribution is 0.153. The highest BCUT2D eigenvalue weighted by Gasteiger charge is 2.33. The maximum atomic E-state index is 4.07. The summed E-state index contributed by atoms with van der Waals surface area (Å²) in [5.74, 6) is 1.52. The van der Waals surface area contributed by atoms with Crippen molar-refractivity contribution in [1.29, 1.82) is 0 Å². The van der Waals surface area contributed by atoms with E-state index in [1.54, 1.807) is 5.57 Å². The van der Waals surface area contributed by atoms with E-state index in [4.69, 9.17) is 0 Å². The van der Waals surface area contributed by atoms with Gasteiger partial charge in [-0.25, -0.2) is 0 Å². The second-order valence-electron chi connectivity index (χ2n) is 7.82. The topological polar surface area (TPSA) is 3.24 Å². The van der Waals surface area contributed by atoms with Crippen LogP contribution in [0.15, 0.2) is 24.4 Å². The van der Waals surface area contributed by atoms with Gasteiger partial charge in [-0.1, -0.05) is 72.6 Å². The summed E-state index contributed by atoms with van der Waals surface area (Å²) in [6.45, 7) is 19.5. The summed E-state index contributed by atoms with van der Waals surface area (Å²) >= 11 is 0. The van der Waals surface area contributed by atoms with E-state index in [9.17, 15) is 0 Å². The standard InChI is InChI=1S/C21H39N/c1-8-13-18(16-19(9-2)21(6,7)10-3)20-17(5)14-12-15-22(20)11-4/h11,13,17,19-20H,4,8-10,12,14-16H2,1-3,5-7H3/b18-13-. The van der Waals surface area contributed by atoms with Crippen molar-refractivity contribution in [2.75, 3.05) is 6.54 Å². The lowest BCUT2D eigenvalue weighted by Gasteiger charge is -2.43. The van der Waals surface area contributed by atoms with Crippen molar-refractivity contribution in [3.05, 3.63) is 24.4 Å². The maximum absolute atomic E-state index is 4.07. The van der Waals surface area contributed by atoms with E-state index < -0.39 is 0 Å². The Kier molecular flexibility index (Phi) is 7.72. The molecule has 1 heteroatoms. The molecule has 0 radical (unpaired) electrons. The molecule has 0 spiro atoms. The van der Waals surface area contributed by atoms with Crippen LogP contribution in [-0.2, 0) is 0 Å². The summed E-state index contributed by atoms with van der Waals surface area (Å²) in [5.41, 5.74) is 2.10. The number of rotatable bonds is 8. The molecule has 0 saturated carbocycles. The highest BCUT2D eigenvalue weighted by Crippen LogP contribution is 2.40. The number of hydrogen-bond acceptors (Lipinski definition) is 1. The lowest BCUT2D eigenvalue weighted by atomic mass is 9.70. The van der Waals surface area contributed by atoms with Crippen LogP contribution in [0, 0.1) is 17.3 Å². The van der Waals surface area contributed by atoms with Crippen molar-refractivity contribution in [2.24, 2.45) is 17.3 Å². The first kappa shape index (κ1) is 19.3. The molecule has 1 fully saturated rings. The summed E-state index contributed by atoms with van der Waals surface area (Å²) in [4.78, 5) is 2.50. The zero-order valence-electron chi connectivity index (χ0n) is 16.0. The van der Waals surface area contributed by atoms with E-state index in [2.05, 4.69) is 65.3 Å². The van der Waals surface area contributed by atoms with Gasteiger partial charge in [0.25, 0.3) is 0 Å². The normalized spacial score (nSPS) is 25.2. The van der Waals surface area contributed by atoms with Crippen molar-refractivity contribution in [1.82, 2.24) is 4.90 Å². The van der Waals surface area contributed by atoms with E-state index in [1.165, 1.54) is 38.6 Å². The molecule has 22 heavy (non-hydrogen) atoms. The van der Waals surface area contributed by atoms with Crippen LogP contribution in [0.2, 0.25) is 0 Å². The third kappa shape index (κ3) is 4.64. The van der Waals surface area contributed by atoms with Gasteiger partial charge >= 0.3 is 0 Å². The monoisotopic (exact) mass is 305 g/mol. The lowest BCUT2D eigenvalue weighted by Crippen LogP contribution is -2.43. The first-order valence-corrected chi connectivity index (χ1v) is 9.48. The molecule has 0 aliphatic carbocycles. The average Bonchev–Trinajstić information content (AvgIpc) is 2.51. The largest absolute Gasteiger partial charge is 0.371 e. The van der Waals surface area contributed by atoms with E-state index in [1.807, 2.05) is 0 Å². The third-order valence-electron chi connectivity index (χ3n) is 6.04. The fourth-order valence-electron chi connectivity index (χ4n) is 4.14. The van der Waals surface area contributed by atoms with Crippen LogP contribution in [-0.4, -0.2) is 17.5 Å². The second kappa shape index (κ2) is 8.79. The van der Waals surface area contributed by atoms with Crippen molar-refractivity contribution >= 4 is 0 Å². The average molecular weight is 306 g/mol. The summed E-state index contributed by atoms with van der Waals surface area (Å²) in [7, 11) is 0. The molecule has 0 bridgehead atoms. The van der Waals surface area contributed by atoms with E-state index >= 15 is 0 Å². The minimum atomic E-state index is 0.429. The fraction of sp³-hybridized carbons (Fsp3) is 0.810. The number of hydrogen-bond donors (Lipinski definition) is 0. The minimum Gasteiger partial charge on any atom is -0.371 e. The summed E-state index contributed by atoms with van der Waals surface area (Å²) < 4.78 is 0. The molecule has 0 aromatic carbocycles. The van der Waals surface area contributed by atoms with Gasteiger partial charge in [0.15, 0.2) is 0 Å². The first-order chi connectivity index (χ1) is 10.4. The summed E-state index contributed by atoms with van der Waals surface area (Å²) in [6, 6.07) is 0.577. The molecule has 3 unspecified atom stereocenters. The molecule has 1 rings (SSSR count). The molecule has 1 heterocycles. The van der Waals surface area contributed by atoms with Gasteiger partial charge in [-0.15, -0.1) is 0 Å². The van der Waals surface area contributed by atoms with Crippen LogP contribution < -0.4 is 0 Å². The molecule has 0 aromatic heterocycles. The Morgan fingerprint density at radius 2 is 2.00 bits per heavy atom. The molecule has 3 atom stereocenters. The molecule has 1 aliphatic heterocycles. The Morgan fingerprint density at radius 1 is 1.32 bits per heavy atom. The van der Waals surface area contributed by atoms with Crippen LogP contribution in [0.4, 0.5) is 0 Å². The Balaban J connectivity index is 3.01. The van der Waals surface area contributed by atoms with E-state index in [0.29, 0.717) is 11.5 Å². The maximum Gasteiger partial charge on any atom is 0.0522 e. The van der Waals surface area contributed by atoms with Crippen molar-refractivity contribution in [2.45, 2.75) is 86.1 Å². The van der Waals surface area contributed by atoms with Gasteiger partial charge in [-0.05, 0) is 49.1 Å². The van der Waals surface area contributed by atoms with Gasteiger partial charge in [-0.3, -0.25) is 0 Å². The summed E-state index contributed by atoms with van der Waals surface area (Å²) in [5, 5.41) is 0. The van der Waals surface area contributed by atoms with Crippen LogP contribution in [0.1, 0.15) is 80.1 Å². The van der Waals surface area contributed by atoms with Gasteiger partial charge in [0.2, 0.25) is 0 Å². The Hall–Kier alpha value is -0.720. The Bertz CT molecular complexity index is 366. The molecular weight excluding hydrogens is 266 g/mol. The number of nitrogens with zero attached hydrogens (tertiary/aromatic N) is 1. The number of allylic oxidation sites excluding steroid dienone is 1. The number of piperidine rings is 1. The highest BCUT2D eigenvalue weighted by atomic mass is 15.1. The van der Waals surface area contributed by atoms with E-state index in [-0.39, 0.29) is 0 Å². The fourth-order valence-corrected chi connectivity index (χ4v) is 4.14. The molecule has 0 aromatic rings.